The first kappa shape index (κ1) is 18.2. The number of H-pyrrole nitrogens is 1. The number of halogens is 1. The first-order valence-corrected chi connectivity index (χ1v) is 9.56. The van der Waals surface area contributed by atoms with Gasteiger partial charge in [0.1, 0.15) is 5.69 Å². The van der Waals surface area contributed by atoms with Gasteiger partial charge in [-0.05, 0) is 54.4 Å². The van der Waals surface area contributed by atoms with Gasteiger partial charge in [-0.15, -0.1) is 0 Å². The third kappa shape index (κ3) is 3.96. The fourth-order valence-corrected chi connectivity index (χ4v) is 3.44. The quantitative estimate of drug-likeness (QED) is 0.635. The van der Waals surface area contributed by atoms with E-state index in [1.54, 1.807) is 43.3 Å². The van der Waals surface area contributed by atoms with Crippen LogP contribution in [0.3, 0.4) is 0 Å². The van der Waals surface area contributed by atoms with Crippen molar-refractivity contribution in [1.82, 2.24) is 4.98 Å². The lowest BCUT2D eigenvalue weighted by Gasteiger charge is -2.08. The molecule has 0 aliphatic heterocycles. The molecule has 0 atom stereocenters. The molecule has 1 aromatic heterocycles. The number of nitrogens with one attached hydrogen (secondary N) is 2. The van der Waals surface area contributed by atoms with E-state index in [4.69, 9.17) is 16.7 Å². The molecular formula is C18H16ClN3O3S. The predicted molar refractivity (Wildman–Crippen MR) is 102 cm³/mol. The zero-order valence-corrected chi connectivity index (χ0v) is 15.4. The summed E-state index contributed by atoms with van der Waals surface area (Å²) < 4.78 is 23.2. The SMILES string of the molecule is Cc1ccc(NC(=O)c2ccc(-c3ccc(Cl)cc3)[nH]2)cc1S(N)(=O)=O. The number of primary sulfonamides is 1. The van der Waals surface area contributed by atoms with E-state index in [1.165, 1.54) is 6.07 Å². The number of amides is 1. The normalized spacial score (nSPS) is 11.3. The van der Waals surface area contributed by atoms with E-state index in [9.17, 15) is 13.2 Å². The highest BCUT2D eigenvalue weighted by Crippen LogP contribution is 2.22. The second kappa shape index (κ2) is 6.95. The fourth-order valence-electron chi connectivity index (χ4n) is 2.51. The Balaban J connectivity index is 1.82. The smallest absolute Gasteiger partial charge is 0.272 e. The zero-order valence-electron chi connectivity index (χ0n) is 13.8. The van der Waals surface area contributed by atoms with E-state index in [0.29, 0.717) is 22.0 Å². The number of aryl methyl sites for hydroxylation is 1. The van der Waals surface area contributed by atoms with Gasteiger partial charge in [0, 0.05) is 16.4 Å². The fraction of sp³-hybridized carbons (Fsp3) is 0.0556. The van der Waals surface area contributed by atoms with E-state index in [0.717, 1.165) is 11.3 Å². The largest absolute Gasteiger partial charge is 0.351 e. The third-order valence-electron chi connectivity index (χ3n) is 3.84. The van der Waals surface area contributed by atoms with Gasteiger partial charge in [0.25, 0.3) is 5.91 Å². The summed E-state index contributed by atoms with van der Waals surface area (Å²) in [6.45, 7) is 1.63. The average Bonchev–Trinajstić information content (AvgIpc) is 3.06. The highest BCUT2D eigenvalue weighted by Gasteiger charge is 2.14. The van der Waals surface area contributed by atoms with Gasteiger partial charge >= 0.3 is 0 Å². The molecule has 6 nitrogen and oxygen atoms in total. The van der Waals surface area contributed by atoms with Crippen molar-refractivity contribution in [1.29, 1.82) is 0 Å². The van der Waals surface area contributed by atoms with Crippen LogP contribution in [0, 0.1) is 6.92 Å². The van der Waals surface area contributed by atoms with Gasteiger partial charge < -0.3 is 10.3 Å². The monoisotopic (exact) mass is 389 g/mol. The van der Waals surface area contributed by atoms with Gasteiger partial charge in [-0.2, -0.15) is 0 Å². The van der Waals surface area contributed by atoms with Crippen LogP contribution in [-0.4, -0.2) is 19.3 Å². The van der Waals surface area contributed by atoms with Crippen LogP contribution >= 0.6 is 11.6 Å². The Bertz CT molecular complexity index is 1070. The molecule has 0 aliphatic carbocycles. The van der Waals surface area contributed by atoms with Gasteiger partial charge in [-0.25, -0.2) is 13.6 Å². The Morgan fingerprint density at radius 2 is 1.77 bits per heavy atom. The number of benzene rings is 2. The lowest BCUT2D eigenvalue weighted by Crippen LogP contribution is -2.16. The highest BCUT2D eigenvalue weighted by molar-refractivity contribution is 7.89. The number of hydrogen-bond acceptors (Lipinski definition) is 3. The van der Waals surface area contributed by atoms with Crippen molar-refractivity contribution in [3.8, 4) is 11.3 Å². The maximum absolute atomic E-state index is 12.4. The summed E-state index contributed by atoms with van der Waals surface area (Å²) in [4.78, 5) is 15.4. The standard InChI is InChI=1S/C18H16ClN3O3S/c1-11-2-7-14(10-17(11)26(20,24)25)21-18(23)16-9-8-15(22-16)12-3-5-13(19)6-4-12/h2-10,22H,1H3,(H,21,23)(H2,20,24,25). The van der Waals surface area contributed by atoms with Crippen LogP contribution in [0.25, 0.3) is 11.3 Å². The minimum Gasteiger partial charge on any atom is -0.351 e. The molecule has 26 heavy (non-hydrogen) atoms. The Hall–Kier alpha value is -2.61. The van der Waals surface area contributed by atoms with Crippen molar-refractivity contribution in [2.75, 3.05) is 5.32 Å². The van der Waals surface area contributed by atoms with Gasteiger partial charge in [0.2, 0.25) is 10.0 Å². The zero-order chi connectivity index (χ0) is 18.9. The number of aromatic amines is 1. The number of carbonyl (C=O) groups excluding carboxylic acids is 1. The van der Waals surface area contributed by atoms with E-state index in [-0.39, 0.29) is 4.90 Å². The molecule has 0 aliphatic rings. The number of sulfonamides is 1. The number of anilines is 1. The van der Waals surface area contributed by atoms with Gasteiger partial charge in [-0.3, -0.25) is 4.79 Å². The summed E-state index contributed by atoms with van der Waals surface area (Å²) in [7, 11) is -3.86. The average molecular weight is 390 g/mol. The maximum atomic E-state index is 12.4. The summed E-state index contributed by atoms with van der Waals surface area (Å²) >= 11 is 5.87. The molecular weight excluding hydrogens is 374 g/mol. The summed E-state index contributed by atoms with van der Waals surface area (Å²) in [6.07, 6.45) is 0. The minimum absolute atomic E-state index is 0.0244. The molecule has 4 N–H and O–H groups in total. The van der Waals surface area contributed by atoms with Crippen LogP contribution in [0.1, 0.15) is 16.1 Å². The second-order valence-corrected chi connectivity index (χ2v) is 7.74. The van der Waals surface area contributed by atoms with Crippen LogP contribution in [0.2, 0.25) is 5.02 Å². The Morgan fingerprint density at radius 1 is 1.08 bits per heavy atom. The Kier molecular flexibility index (Phi) is 4.86. The van der Waals surface area contributed by atoms with E-state index < -0.39 is 15.9 Å². The molecule has 0 radical (unpaired) electrons. The molecule has 3 aromatic rings. The number of aromatic nitrogens is 1. The molecule has 8 heteroatoms. The maximum Gasteiger partial charge on any atom is 0.272 e. The number of nitrogens with two attached hydrogens (primary N) is 1. The highest BCUT2D eigenvalue weighted by atomic mass is 35.5. The summed E-state index contributed by atoms with van der Waals surface area (Å²) in [5.41, 5.74) is 2.84. The number of carbonyl (C=O) groups is 1. The van der Waals surface area contributed by atoms with Crippen molar-refractivity contribution in [2.24, 2.45) is 5.14 Å². The summed E-state index contributed by atoms with van der Waals surface area (Å²) in [5, 5.41) is 8.48. The predicted octanol–water partition coefficient (Wildman–Crippen LogP) is 3.54. The van der Waals surface area contributed by atoms with Crippen LogP contribution in [0.5, 0.6) is 0 Å². The first-order chi connectivity index (χ1) is 12.2. The van der Waals surface area contributed by atoms with E-state index in [2.05, 4.69) is 10.3 Å². The van der Waals surface area contributed by atoms with Crippen molar-refractivity contribution >= 4 is 33.2 Å². The van der Waals surface area contributed by atoms with E-state index >= 15 is 0 Å². The van der Waals surface area contributed by atoms with Crippen molar-refractivity contribution in [3.63, 3.8) is 0 Å². The van der Waals surface area contributed by atoms with Crippen molar-refractivity contribution < 1.29 is 13.2 Å². The van der Waals surface area contributed by atoms with Gasteiger partial charge in [0.15, 0.2) is 0 Å². The summed E-state index contributed by atoms with van der Waals surface area (Å²) in [5.74, 6) is -0.394. The van der Waals surface area contributed by atoms with Crippen LogP contribution in [-0.2, 0) is 10.0 Å². The molecule has 0 saturated heterocycles. The molecule has 0 bridgehead atoms. The molecule has 3 rings (SSSR count). The summed E-state index contributed by atoms with van der Waals surface area (Å²) in [6, 6.07) is 15.2. The Morgan fingerprint density at radius 3 is 2.42 bits per heavy atom. The lowest BCUT2D eigenvalue weighted by atomic mass is 10.2. The van der Waals surface area contributed by atoms with Crippen LogP contribution < -0.4 is 10.5 Å². The number of hydrogen-bond donors (Lipinski definition) is 3. The molecule has 0 saturated carbocycles. The molecule has 2 aromatic carbocycles. The van der Waals surface area contributed by atoms with Crippen molar-refractivity contribution in [3.05, 3.63) is 70.9 Å². The minimum atomic E-state index is -3.86. The van der Waals surface area contributed by atoms with Crippen LogP contribution in [0.15, 0.2) is 59.5 Å². The molecule has 134 valence electrons. The second-order valence-electron chi connectivity index (χ2n) is 5.77. The number of rotatable bonds is 4. The van der Waals surface area contributed by atoms with Gasteiger partial charge in [0.05, 0.1) is 4.90 Å². The topological polar surface area (TPSA) is 105 Å². The molecule has 0 fully saturated rings. The lowest BCUT2D eigenvalue weighted by molar-refractivity contribution is 0.102. The van der Waals surface area contributed by atoms with Gasteiger partial charge in [-0.1, -0.05) is 29.8 Å². The van der Waals surface area contributed by atoms with E-state index in [1.807, 2.05) is 12.1 Å². The molecule has 1 amide bonds. The third-order valence-corrected chi connectivity index (χ3v) is 5.14. The van der Waals surface area contributed by atoms with Crippen molar-refractivity contribution in [2.45, 2.75) is 11.8 Å². The molecule has 0 spiro atoms. The first-order valence-electron chi connectivity index (χ1n) is 7.64. The Labute approximate surface area is 156 Å². The molecule has 1 heterocycles. The molecule has 0 unspecified atom stereocenters. The van der Waals surface area contributed by atoms with Crippen LogP contribution in [0.4, 0.5) is 5.69 Å².